The second-order valence-electron chi connectivity index (χ2n) is 21.3. The number of aromatic nitrogens is 4. The molecule has 460 valence electrons. The molecule has 25 heteroatoms. The number of esters is 2. The Morgan fingerprint density at radius 1 is 0.625 bits per heavy atom. The van der Waals surface area contributed by atoms with Crippen molar-refractivity contribution >= 4 is 120 Å². The number of likely N-dealkylation sites (N-methyl/N-ethyl adjacent to an activating group) is 2. The first kappa shape index (κ1) is 68.0. The highest BCUT2D eigenvalue weighted by Crippen LogP contribution is 2.33. The Bertz CT molecular complexity index is 3810. The summed E-state index contributed by atoms with van der Waals surface area (Å²) in [5.41, 5.74) is 21.0. The predicted octanol–water partition coefficient (Wildman–Crippen LogP) is 12.2. The lowest BCUT2D eigenvalue weighted by Crippen LogP contribution is -2.28. The van der Waals surface area contributed by atoms with E-state index in [1.54, 1.807) is 53.7 Å². The molecule has 4 aromatic heterocycles. The number of hydrogen-bond donors (Lipinski definition) is 5. The average Bonchev–Trinajstić information content (AvgIpc) is 3.98. The van der Waals surface area contributed by atoms with Crippen LogP contribution in [-0.2, 0) is 50.1 Å². The van der Waals surface area contributed by atoms with E-state index in [0.29, 0.717) is 38.7 Å². The van der Waals surface area contributed by atoms with Crippen molar-refractivity contribution in [2.45, 2.75) is 79.0 Å². The zero-order valence-corrected chi connectivity index (χ0v) is 52.9. The number of hydrogen-bond acceptors (Lipinski definition) is 20. The van der Waals surface area contributed by atoms with Crippen molar-refractivity contribution in [1.29, 1.82) is 0 Å². The van der Waals surface area contributed by atoms with Gasteiger partial charge in [0.15, 0.2) is 0 Å². The summed E-state index contributed by atoms with van der Waals surface area (Å²) in [5.74, 6) is -0.477. The molecule has 0 saturated heterocycles. The van der Waals surface area contributed by atoms with Crippen LogP contribution in [0.5, 0.6) is 11.8 Å². The third-order valence-electron chi connectivity index (χ3n) is 11.9. The third-order valence-corrected chi connectivity index (χ3v) is 14.4. The maximum Gasteiger partial charge on any atom is 0.407 e. The van der Waals surface area contributed by atoms with E-state index in [1.807, 2.05) is 121 Å². The smallest absolute Gasteiger partial charge is 0.407 e. The van der Waals surface area contributed by atoms with Crippen molar-refractivity contribution in [2.75, 3.05) is 61.7 Å². The lowest BCUT2D eigenvalue weighted by Gasteiger charge is -2.19. The SMILES string of the molecule is NCc1ccc(COc2cc(Cl)nc(N)n2)cc1.[C-]#[N+]/C(=C\c1cc2ccc(N(C)CCO)cc2s1)C(=O)OC(C)(C)C.[C-]#[N+]/C(=C\c1cc2ccc(N(C)CCOC(=O)NCc3ccc(COc4cc(Cl)nc(N)n4)cc3)cc2s1)C(=O)OC(C)(C)C. The van der Waals surface area contributed by atoms with Crippen LogP contribution in [0, 0.1) is 13.1 Å². The number of ether oxygens (including phenoxy) is 5. The Kier molecular flexibility index (Phi) is 24.8. The number of fused-ring (bicyclic) bond motifs is 2. The van der Waals surface area contributed by atoms with Gasteiger partial charge < -0.3 is 61.1 Å². The van der Waals surface area contributed by atoms with Crippen molar-refractivity contribution in [2.24, 2.45) is 5.73 Å². The van der Waals surface area contributed by atoms with E-state index < -0.39 is 29.2 Å². The van der Waals surface area contributed by atoms with Gasteiger partial charge in [-0.2, -0.15) is 9.97 Å². The molecule has 4 heterocycles. The third kappa shape index (κ3) is 22.3. The molecule has 0 atom stereocenters. The molecule has 8 aromatic rings. The van der Waals surface area contributed by atoms with E-state index in [-0.39, 0.29) is 59.3 Å². The van der Waals surface area contributed by atoms with Crippen LogP contribution in [0.4, 0.5) is 28.1 Å². The number of thiophene rings is 2. The number of halogens is 2. The first-order valence-corrected chi connectivity index (χ1v) is 29.6. The summed E-state index contributed by atoms with van der Waals surface area (Å²) in [6, 6.07) is 34.3. The van der Waals surface area contributed by atoms with E-state index in [1.165, 1.54) is 34.8 Å². The Morgan fingerprint density at radius 2 is 1.05 bits per heavy atom. The molecule has 1 amide bonds. The van der Waals surface area contributed by atoms with E-state index in [2.05, 4.69) is 34.9 Å². The zero-order valence-electron chi connectivity index (χ0n) is 49.8. The number of benzene rings is 4. The summed E-state index contributed by atoms with van der Waals surface area (Å²) in [6.07, 6.45) is 2.61. The average molecular weight is 1270 g/mol. The number of nitrogens with two attached hydrogens (primary N) is 3. The van der Waals surface area contributed by atoms with Crippen LogP contribution >= 0.6 is 45.9 Å². The molecule has 8 rings (SSSR count). The number of anilines is 4. The minimum absolute atomic E-state index is 0.0286. The molecule has 0 saturated carbocycles. The number of aliphatic hydroxyl groups is 1. The molecule has 21 nitrogen and oxygen atoms in total. The van der Waals surface area contributed by atoms with Gasteiger partial charge in [0.2, 0.25) is 23.7 Å². The number of carbonyl (C=O) groups is 3. The summed E-state index contributed by atoms with van der Waals surface area (Å²) < 4.78 is 29.1. The van der Waals surface area contributed by atoms with Gasteiger partial charge in [-0.1, -0.05) is 83.9 Å². The standard InChI is InChI=1S/C32H33ClN6O5S.C19H22N2O3S.C12H13ClN4O/c1-32(2,3)44-29(40)25(35-4)16-24-14-22-10-11-23(15-26(22)45-24)39(5)12-13-42-31(41)36-18-20-6-8-21(9-7-20)19-43-28-17-27(33)37-30(34)38-28;1-19(2,3)24-18(23)16(20-4)12-15-10-13-6-7-14(11-17(13)25-15)21(5)8-9-22;13-10-5-11(17-12(15)16-10)18-7-9-3-1-8(6-14)2-4-9/h6-11,14-17H,12-13,18-19H2,1-3,5H3,(H,36,41)(H2,34,37,38);6-7,10-12,22H,8-9H2,1-3,5H3;1-5H,6-7,14H2,(H2,15,16,17)/b25-16-;16-12-;. The van der Waals surface area contributed by atoms with E-state index in [0.717, 1.165) is 63.6 Å². The van der Waals surface area contributed by atoms with Crippen LogP contribution in [0.15, 0.2) is 121 Å². The van der Waals surface area contributed by atoms with Crippen LogP contribution in [0.2, 0.25) is 10.3 Å². The van der Waals surface area contributed by atoms with E-state index in [9.17, 15) is 14.4 Å². The number of aliphatic hydroxyl groups excluding tert-OH is 1. The fraction of sp³-hybridized carbons (Fsp3) is 0.286. The first-order valence-electron chi connectivity index (χ1n) is 27.2. The zero-order chi connectivity index (χ0) is 64.1. The Labute approximate surface area is 528 Å². The van der Waals surface area contributed by atoms with Crippen LogP contribution in [-0.4, -0.2) is 94.7 Å². The number of carbonyl (C=O) groups excluding carboxylic acids is 3. The highest BCUT2D eigenvalue weighted by atomic mass is 35.5. The van der Waals surface area contributed by atoms with Crippen LogP contribution in [0.3, 0.4) is 0 Å². The van der Waals surface area contributed by atoms with Gasteiger partial charge in [-0.3, -0.25) is 9.59 Å². The summed E-state index contributed by atoms with van der Waals surface area (Å²) in [5, 5.41) is 14.3. The minimum Gasteiger partial charge on any atom is -0.473 e. The molecular weight excluding hydrogens is 1200 g/mol. The molecule has 4 aromatic carbocycles. The van der Waals surface area contributed by atoms with Crippen molar-refractivity contribution in [3.05, 3.63) is 186 Å². The highest BCUT2D eigenvalue weighted by molar-refractivity contribution is 7.20. The molecule has 0 unspecified atom stereocenters. The molecule has 0 aliphatic heterocycles. The number of rotatable bonds is 20. The number of amides is 1. The van der Waals surface area contributed by atoms with Crippen molar-refractivity contribution < 1.29 is 43.2 Å². The Morgan fingerprint density at radius 3 is 1.44 bits per heavy atom. The first-order chi connectivity index (χ1) is 41.8. The van der Waals surface area contributed by atoms with E-state index in [4.69, 9.17) is 82.3 Å². The Balaban J connectivity index is 0.000000239. The molecular formula is C63H68Cl2N12O9S2. The number of nitrogens with one attached hydrogen (secondary N) is 1. The molecule has 8 N–H and O–H groups in total. The van der Waals surface area contributed by atoms with Crippen LogP contribution < -0.4 is 41.8 Å². The van der Waals surface area contributed by atoms with Gasteiger partial charge in [-0.25, -0.2) is 24.5 Å². The van der Waals surface area contributed by atoms with Gasteiger partial charge in [0.25, 0.3) is 11.4 Å². The lowest BCUT2D eigenvalue weighted by molar-refractivity contribution is -0.150. The number of nitrogens with zero attached hydrogens (tertiary/aromatic N) is 8. The summed E-state index contributed by atoms with van der Waals surface area (Å²) in [6.45, 7) is 28.1. The predicted molar refractivity (Wildman–Crippen MR) is 349 cm³/mol. The lowest BCUT2D eigenvalue weighted by atomic mass is 10.1. The largest absolute Gasteiger partial charge is 0.473 e. The molecule has 0 spiro atoms. The monoisotopic (exact) mass is 1270 g/mol. The van der Waals surface area contributed by atoms with Crippen LogP contribution in [0.1, 0.15) is 73.6 Å². The van der Waals surface area contributed by atoms with Gasteiger partial charge in [-0.05, 0) is 123 Å². The van der Waals surface area contributed by atoms with Gasteiger partial charge in [0.05, 0.1) is 26.3 Å². The van der Waals surface area contributed by atoms with Crippen molar-refractivity contribution in [3.8, 4) is 11.8 Å². The maximum absolute atomic E-state index is 12.3. The molecule has 0 radical (unpaired) electrons. The normalized spacial score (nSPS) is 11.4. The summed E-state index contributed by atoms with van der Waals surface area (Å²) in [4.78, 5) is 64.4. The molecule has 88 heavy (non-hydrogen) atoms. The van der Waals surface area contributed by atoms with Crippen molar-refractivity contribution in [1.82, 2.24) is 25.3 Å². The highest BCUT2D eigenvalue weighted by Gasteiger charge is 2.22. The van der Waals surface area contributed by atoms with Gasteiger partial charge >= 0.3 is 18.0 Å². The van der Waals surface area contributed by atoms with Crippen molar-refractivity contribution in [3.63, 3.8) is 0 Å². The van der Waals surface area contributed by atoms with Gasteiger partial charge in [0, 0.05) is 76.4 Å². The quantitative estimate of drug-likeness (QED) is 0.0156. The number of nitrogen functional groups attached to an aromatic ring is 2. The summed E-state index contributed by atoms with van der Waals surface area (Å²) in [7, 11) is 3.83. The maximum atomic E-state index is 12.3. The van der Waals surface area contributed by atoms with E-state index >= 15 is 0 Å². The molecule has 0 fully saturated rings. The van der Waals surface area contributed by atoms with Gasteiger partial charge in [0.1, 0.15) is 41.3 Å². The second kappa shape index (κ2) is 32.1. The molecule has 0 bridgehead atoms. The topological polar surface area (TPSA) is 274 Å². The second-order valence-corrected chi connectivity index (χ2v) is 24.3. The van der Waals surface area contributed by atoms with Crippen LogP contribution in [0.25, 0.3) is 42.0 Å². The Hall–Kier alpha value is -9.07. The minimum atomic E-state index is -0.680. The fourth-order valence-electron chi connectivity index (χ4n) is 7.63. The van der Waals surface area contributed by atoms with Gasteiger partial charge in [-0.15, -0.1) is 22.7 Å². The molecule has 0 aliphatic rings. The fourth-order valence-corrected chi connectivity index (χ4v) is 10.1. The number of alkyl carbamates (subject to hydrolysis) is 1. The summed E-state index contributed by atoms with van der Waals surface area (Å²) >= 11 is 14.6. The molecule has 0 aliphatic carbocycles.